The summed E-state index contributed by atoms with van der Waals surface area (Å²) in [5.74, 6) is -42.8. The summed E-state index contributed by atoms with van der Waals surface area (Å²) in [5.41, 5.74) is -12.3. The van der Waals surface area contributed by atoms with Crippen molar-refractivity contribution in [1.82, 2.24) is 0 Å². The van der Waals surface area contributed by atoms with Crippen LogP contribution < -0.4 is 0 Å². The third-order valence-electron chi connectivity index (χ3n) is 11.5. The number of hydrogen-bond acceptors (Lipinski definition) is 30. The Bertz CT molecular complexity index is 3390. The van der Waals surface area contributed by atoms with Crippen LogP contribution in [-0.4, -0.2) is 169 Å². The van der Waals surface area contributed by atoms with Crippen molar-refractivity contribution in [1.29, 1.82) is 0 Å². The number of phenolic OH excluding ortho intramolecular Hbond substituents is 18. The molecule has 0 unspecified atom stereocenters. The number of ketones is 2. The average Bonchev–Trinajstić information content (AvgIpc) is 3.56. The molecule has 0 aromatic heterocycles. The molecule has 0 radical (unpaired) electrons. The van der Waals surface area contributed by atoms with E-state index in [4.69, 9.17) is 23.7 Å². The van der Waals surface area contributed by atoms with Crippen molar-refractivity contribution in [2.24, 2.45) is 0 Å². The lowest BCUT2D eigenvalue weighted by Crippen LogP contribution is -2.81. The van der Waals surface area contributed by atoms with Crippen molar-refractivity contribution in [3.8, 4) is 103 Å². The molecule has 78 heavy (non-hydrogen) atoms. The largest absolute Gasteiger partial charge is 0.504 e. The summed E-state index contributed by atoms with van der Waals surface area (Å²) in [4.78, 5) is 90.8. The molecular formula is C48H36O30. The zero-order valence-corrected chi connectivity index (χ0v) is 38.4. The summed E-state index contributed by atoms with van der Waals surface area (Å²) in [5, 5.41) is 199. The van der Waals surface area contributed by atoms with Crippen molar-refractivity contribution < 1.29 is 149 Å². The zero-order chi connectivity index (χ0) is 57.8. The first kappa shape index (κ1) is 54.6. The number of carbonyl (C=O) groups is 6. The standard InChI is InChI=1S/C48H36O30/c49-13-32-39(74-43(70)16-5-24(54)35(64)25(55)6-16)42(75-44(71)17-7-26(56)36(65)27(57)8-17)47(40(68)14-1-20(50)33(62)21(51)2-14,77-45(72)18-9-28(58)37(66)29(59)10-18)48(76-32,41(69)15-3-22(52)34(63)23(53)4-15)78-46(73)19-11-30(60)38(67)31(61)12-19/h1-12,32,39,42,49-67H,13H2/t32-,39-,42+,47-,48+/m1/s1. The maximum atomic E-state index is 16.2. The summed E-state index contributed by atoms with van der Waals surface area (Å²) in [6.07, 6.45) is -9.48. The zero-order valence-electron chi connectivity index (χ0n) is 38.4. The summed E-state index contributed by atoms with van der Waals surface area (Å²) >= 11 is 0. The van der Waals surface area contributed by atoms with Gasteiger partial charge in [0.2, 0.25) is 11.6 Å². The highest BCUT2D eigenvalue weighted by Gasteiger charge is 2.79. The smallest absolute Gasteiger partial charge is 0.341 e. The van der Waals surface area contributed by atoms with Gasteiger partial charge in [0.15, 0.2) is 116 Å². The van der Waals surface area contributed by atoms with Crippen LogP contribution in [-0.2, 0) is 23.7 Å². The molecule has 19 N–H and O–H groups in total. The van der Waals surface area contributed by atoms with E-state index in [9.17, 15) is 116 Å². The van der Waals surface area contributed by atoms with Gasteiger partial charge in [0, 0.05) is 11.1 Å². The van der Waals surface area contributed by atoms with Crippen molar-refractivity contribution in [2.75, 3.05) is 6.61 Å². The third kappa shape index (κ3) is 9.28. The number of esters is 4. The Hall–Kier alpha value is -11.1. The maximum absolute atomic E-state index is 16.2. The fourth-order valence-corrected chi connectivity index (χ4v) is 7.76. The predicted octanol–water partition coefficient (Wildman–Crippen LogP) is 1.44. The van der Waals surface area contributed by atoms with Crippen LogP contribution in [0.25, 0.3) is 0 Å². The fourth-order valence-electron chi connectivity index (χ4n) is 7.76. The van der Waals surface area contributed by atoms with Gasteiger partial charge in [-0.25, -0.2) is 19.2 Å². The molecule has 1 fully saturated rings. The highest BCUT2D eigenvalue weighted by molar-refractivity contribution is 6.15. The quantitative estimate of drug-likeness (QED) is 0.0337. The van der Waals surface area contributed by atoms with E-state index in [0.717, 1.165) is 0 Å². The first-order valence-electron chi connectivity index (χ1n) is 21.2. The van der Waals surface area contributed by atoms with Gasteiger partial charge >= 0.3 is 29.7 Å². The van der Waals surface area contributed by atoms with Crippen LogP contribution in [0.1, 0.15) is 62.1 Å². The molecule has 6 aromatic rings. The third-order valence-corrected chi connectivity index (χ3v) is 11.5. The number of hydrogen-bond donors (Lipinski definition) is 19. The highest BCUT2D eigenvalue weighted by atomic mass is 16.8. The lowest BCUT2D eigenvalue weighted by molar-refractivity contribution is -0.339. The topological polar surface area (TPSA) is 533 Å². The van der Waals surface area contributed by atoms with Crippen LogP contribution in [0.15, 0.2) is 72.8 Å². The summed E-state index contributed by atoms with van der Waals surface area (Å²) < 4.78 is 28.7. The minimum Gasteiger partial charge on any atom is -0.504 e. The number of Topliss-reactive ketones (excluding diaryl/α,β-unsaturated/α-hetero) is 2. The van der Waals surface area contributed by atoms with E-state index in [1.54, 1.807) is 0 Å². The van der Waals surface area contributed by atoms with Crippen LogP contribution in [0.3, 0.4) is 0 Å². The molecule has 30 heteroatoms. The number of ether oxygens (including phenoxy) is 5. The summed E-state index contributed by atoms with van der Waals surface area (Å²) in [6.45, 7) is -1.81. The van der Waals surface area contributed by atoms with Crippen LogP contribution in [0.5, 0.6) is 103 Å². The Morgan fingerprint density at radius 1 is 0.359 bits per heavy atom. The van der Waals surface area contributed by atoms with Crippen molar-refractivity contribution >= 4 is 35.4 Å². The van der Waals surface area contributed by atoms with Gasteiger partial charge in [-0.05, 0) is 72.8 Å². The van der Waals surface area contributed by atoms with Crippen molar-refractivity contribution in [3.05, 3.63) is 106 Å². The Kier molecular flexibility index (Phi) is 14.0. The normalized spacial score (nSPS) is 18.8. The second kappa shape index (κ2) is 19.9. The molecule has 0 spiro atoms. The first-order valence-corrected chi connectivity index (χ1v) is 21.2. The minimum atomic E-state index is -4.74. The van der Waals surface area contributed by atoms with E-state index < -0.39 is 209 Å². The fraction of sp³-hybridized carbons (Fsp3) is 0.125. The van der Waals surface area contributed by atoms with E-state index in [-0.39, 0.29) is 48.5 Å². The van der Waals surface area contributed by atoms with Crippen LogP contribution >= 0.6 is 0 Å². The molecule has 5 atom stereocenters. The van der Waals surface area contributed by atoms with Crippen LogP contribution in [0.4, 0.5) is 0 Å². The summed E-state index contributed by atoms with van der Waals surface area (Å²) in [7, 11) is 0. The number of carbonyl (C=O) groups excluding carboxylic acids is 6. The number of aromatic hydroxyl groups is 18. The Morgan fingerprint density at radius 2 is 0.615 bits per heavy atom. The van der Waals surface area contributed by atoms with Gasteiger partial charge in [0.25, 0.3) is 5.60 Å². The Balaban J connectivity index is 1.71. The van der Waals surface area contributed by atoms with Crippen molar-refractivity contribution in [2.45, 2.75) is 29.7 Å². The molecule has 0 amide bonds. The molecule has 1 aliphatic rings. The number of benzene rings is 6. The SMILES string of the molecule is O=C(O[C@@H]1[C@@H](CO)O[C@](OC(=O)c2cc(O)c(O)c(O)c2)(C(=O)c2cc(O)c(O)c(O)c2)[C@@](OC(=O)c2cc(O)c(O)c(O)c2)(C(=O)c2cc(O)c(O)c(O)c2)[C@H]1OC(=O)c1cc(O)c(O)c(O)c1)c1cc(O)c(O)c(O)c1. The van der Waals surface area contributed by atoms with Crippen LogP contribution in [0.2, 0.25) is 0 Å². The molecule has 7 rings (SSSR count). The highest BCUT2D eigenvalue weighted by Crippen LogP contribution is 2.53. The predicted molar refractivity (Wildman–Crippen MR) is 244 cm³/mol. The maximum Gasteiger partial charge on any atom is 0.341 e. The molecule has 30 nitrogen and oxygen atoms in total. The second-order valence-electron chi connectivity index (χ2n) is 16.5. The van der Waals surface area contributed by atoms with Gasteiger partial charge in [-0.1, -0.05) is 0 Å². The number of rotatable bonds is 13. The van der Waals surface area contributed by atoms with Gasteiger partial charge in [-0.15, -0.1) is 0 Å². The molecule has 0 saturated carbocycles. The van der Waals surface area contributed by atoms with Gasteiger partial charge in [-0.3, -0.25) is 9.59 Å². The van der Waals surface area contributed by atoms with Gasteiger partial charge in [0.05, 0.1) is 28.9 Å². The molecule has 0 aliphatic carbocycles. The van der Waals surface area contributed by atoms with E-state index in [1.807, 2.05) is 0 Å². The Labute approximate surface area is 430 Å². The number of phenols is 18. The monoisotopic (exact) mass is 1090 g/mol. The number of aliphatic hydroxyl groups excluding tert-OH is 1. The van der Waals surface area contributed by atoms with Gasteiger partial charge in [-0.2, -0.15) is 0 Å². The van der Waals surface area contributed by atoms with E-state index in [1.165, 1.54) is 0 Å². The van der Waals surface area contributed by atoms with E-state index in [0.29, 0.717) is 24.3 Å². The number of aliphatic hydroxyl groups is 1. The lowest BCUT2D eigenvalue weighted by atomic mass is 9.71. The summed E-state index contributed by atoms with van der Waals surface area (Å²) in [6, 6.07) is 3.25. The molecular weight excluding hydrogens is 1060 g/mol. The molecule has 408 valence electrons. The van der Waals surface area contributed by atoms with Crippen LogP contribution in [0, 0.1) is 0 Å². The van der Waals surface area contributed by atoms with E-state index >= 15 is 9.59 Å². The van der Waals surface area contributed by atoms with Gasteiger partial charge < -0.3 is 121 Å². The molecule has 0 bridgehead atoms. The lowest BCUT2D eigenvalue weighted by Gasteiger charge is -2.55. The molecule has 1 heterocycles. The molecule has 1 aliphatic heterocycles. The first-order chi connectivity index (χ1) is 36.5. The van der Waals surface area contributed by atoms with Gasteiger partial charge in [0.1, 0.15) is 6.10 Å². The second-order valence-corrected chi connectivity index (χ2v) is 16.5. The molecule has 6 aromatic carbocycles. The Morgan fingerprint density at radius 3 is 0.923 bits per heavy atom. The van der Waals surface area contributed by atoms with E-state index in [2.05, 4.69) is 0 Å². The molecule has 1 saturated heterocycles. The average molecular weight is 1090 g/mol. The minimum absolute atomic E-state index is 0.173. The van der Waals surface area contributed by atoms with Crippen molar-refractivity contribution in [3.63, 3.8) is 0 Å².